The van der Waals surface area contributed by atoms with Crippen molar-refractivity contribution in [3.05, 3.63) is 0 Å². The van der Waals surface area contributed by atoms with Crippen LogP contribution in [0.3, 0.4) is 0 Å². The zero-order valence-electron chi connectivity index (χ0n) is 11.9. The van der Waals surface area contributed by atoms with Gasteiger partial charge in [-0.2, -0.15) is 0 Å². The van der Waals surface area contributed by atoms with E-state index in [1.807, 2.05) is 11.8 Å². The Morgan fingerprint density at radius 2 is 2.00 bits per heavy atom. The van der Waals surface area contributed by atoms with E-state index in [2.05, 4.69) is 11.8 Å². The van der Waals surface area contributed by atoms with E-state index in [9.17, 15) is 0 Å². The fraction of sp³-hybridized carbons (Fsp3) is 0.933. The summed E-state index contributed by atoms with van der Waals surface area (Å²) < 4.78 is 0. The maximum atomic E-state index is 4.83. The van der Waals surface area contributed by atoms with Crippen LogP contribution in [0.5, 0.6) is 0 Å². The van der Waals surface area contributed by atoms with Gasteiger partial charge < -0.3 is 4.90 Å². The van der Waals surface area contributed by atoms with Crippen molar-refractivity contribution < 1.29 is 0 Å². The molecule has 0 aromatic rings. The molecule has 0 unspecified atom stereocenters. The van der Waals surface area contributed by atoms with Crippen molar-refractivity contribution in [2.75, 3.05) is 18.8 Å². The van der Waals surface area contributed by atoms with E-state index >= 15 is 0 Å². The number of fused-ring (bicyclic) bond motifs is 1. The number of thioether (sulfide) groups is 1. The van der Waals surface area contributed by atoms with E-state index in [0.29, 0.717) is 0 Å². The minimum absolute atomic E-state index is 0.812. The third-order valence-corrected chi connectivity index (χ3v) is 5.21. The lowest BCUT2D eigenvalue weighted by Crippen LogP contribution is -2.38. The van der Waals surface area contributed by atoms with E-state index in [-0.39, 0.29) is 0 Å². The SMILES string of the molecule is CCCCCCCCN=C1SC[C@@H]2CCCCN12. The van der Waals surface area contributed by atoms with Gasteiger partial charge in [-0.15, -0.1) is 0 Å². The van der Waals surface area contributed by atoms with Gasteiger partial charge in [-0.05, 0) is 25.7 Å². The molecule has 0 radical (unpaired) electrons. The van der Waals surface area contributed by atoms with Gasteiger partial charge in [-0.25, -0.2) is 0 Å². The molecule has 0 bridgehead atoms. The zero-order valence-corrected chi connectivity index (χ0v) is 12.7. The molecule has 104 valence electrons. The summed E-state index contributed by atoms with van der Waals surface area (Å²) in [5, 5.41) is 1.35. The smallest absolute Gasteiger partial charge is 0.159 e. The summed E-state index contributed by atoms with van der Waals surface area (Å²) in [6.07, 6.45) is 12.4. The van der Waals surface area contributed by atoms with Gasteiger partial charge in [0.2, 0.25) is 0 Å². The molecule has 0 aliphatic carbocycles. The molecule has 18 heavy (non-hydrogen) atoms. The maximum absolute atomic E-state index is 4.83. The van der Waals surface area contributed by atoms with Gasteiger partial charge in [0.25, 0.3) is 0 Å². The molecule has 0 aromatic carbocycles. The first kappa shape index (κ1) is 14.2. The predicted molar refractivity (Wildman–Crippen MR) is 82.5 cm³/mol. The van der Waals surface area contributed by atoms with Gasteiger partial charge in [0.05, 0.1) is 0 Å². The standard InChI is InChI=1S/C15H28N2S/c1-2-3-4-5-6-8-11-16-15-17-12-9-7-10-14(17)13-18-15/h14H,2-13H2,1H3/t14-/m0/s1. The largest absolute Gasteiger partial charge is 0.348 e. The number of hydrogen-bond donors (Lipinski definition) is 0. The monoisotopic (exact) mass is 268 g/mol. The Balaban J connectivity index is 1.61. The van der Waals surface area contributed by atoms with Crippen molar-refractivity contribution in [2.24, 2.45) is 4.99 Å². The highest BCUT2D eigenvalue weighted by Crippen LogP contribution is 2.30. The van der Waals surface area contributed by atoms with Crippen molar-refractivity contribution in [2.45, 2.75) is 70.8 Å². The van der Waals surface area contributed by atoms with E-state index in [0.717, 1.165) is 12.6 Å². The molecule has 2 saturated heterocycles. The van der Waals surface area contributed by atoms with Gasteiger partial charge in [0, 0.05) is 24.9 Å². The van der Waals surface area contributed by atoms with Crippen LogP contribution in [0.4, 0.5) is 0 Å². The van der Waals surface area contributed by atoms with Gasteiger partial charge >= 0.3 is 0 Å². The van der Waals surface area contributed by atoms with Crippen LogP contribution in [-0.4, -0.2) is 35.0 Å². The Morgan fingerprint density at radius 1 is 1.17 bits per heavy atom. The Kier molecular flexibility index (Phi) is 6.39. The summed E-state index contributed by atoms with van der Waals surface area (Å²) in [6.45, 7) is 4.59. The first-order chi connectivity index (χ1) is 8.92. The highest BCUT2D eigenvalue weighted by atomic mass is 32.2. The van der Waals surface area contributed by atoms with Crippen molar-refractivity contribution >= 4 is 16.9 Å². The topological polar surface area (TPSA) is 15.6 Å². The van der Waals surface area contributed by atoms with Gasteiger partial charge in [0.1, 0.15) is 0 Å². The van der Waals surface area contributed by atoms with E-state index in [1.165, 1.54) is 75.3 Å². The Morgan fingerprint density at radius 3 is 2.89 bits per heavy atom. The number of amidine groups is 1. The molecule has 0 saturated carbocycles. The predicted octanol–water partition coefficient (Wildman–Crippen LogP) is 4.30. The number of piperidine rings is 1. The second-order valence-electron chi connectivity index (χ2n) is 5.59. The average molecular weight is 268 g/mol. The summed E-state index contributed by atoms with van der Waals surface area (Å²) >= 11 is 2.00. The molecule has 2 rings (SSSR count). The van der Waals surface area contributed by atoms with Crippen molar-refractivity contribution in [3.8, 4) is 0 Å². The van der Waals surface area contributed by atoms with Gasteiger partial charge in [-0.1, -0.05) is 50.8 Å². The fourth-order valence-electron chi connectivity index (χ4n) is 2.88. The summed E-state index contributed by atoms with van der Waals surface area (Å²) in [5.41, 5.74) is 0. The quantitative estimate of drug-likeness (QED) is 0.640. The van der Waals surface area contributed by atoms with Crippen molar-refractivity contribution in [1.82, 2.24) is 4.90 Å². The number of rotatable bonds is 7. The van der Waals surface area contributed by atoms with Crippen molar-refractivity contribution in [1.29, 1.82) is 0 Å². The summed E-state index contributed by atoms with van der Waals surface area (Å²) in [5.74, 6) is 1.29. The van der Waals surface area contributed by atoms with Gasteiger partial charge in [-0.3, -0.25) is 4.99 Å². The molecule has 0 N–H and O–H groups in total. The molecular formula is C15H28N2S. The highest BCUT2D eigenvalue weighted by Gasteiger charge is 2.31. The average Bonchev–Trinajstić information content (AvgIpc) is 2.81. The molecule has 2 heterocycles. The molecule has 2 aliphatic rings. The Hall–Kier alpha value is -0.180. The Labute approximate surface area is 117 Å². The van der Waals surface area contributed by atoms with Crippen LogP contribution in [0.1, 0.15) is 64.7 Å². The van der Waals surface area contributed by atoms with E-state index in [1.54, 1.807) is 0 Å². The molecule has 2 aliphatic heterocycles. The van der Waals surface area contributed by atoms with Crippen LogP contribution in [0, 0.1) is 0 Å². The van der Waals surface area contributed by atoms with Crippen molar-refractivity contribution in [3.63, 3.8) is 0 Å². The molecule has 3 heteroatoms. The van der Waals surface area contributed by atoms with E-state index in [4.69, 9.17) is 4.99 Å². The zero-order chi connectivity index (χ0) is 12.6. The lowest BCUT2D eigenvalue weighted by molar-refractivity contribution is 0.274. The van der Waals surface area contributed by atoms with Gasteiger partial charge in [0.15, 0.2) is 5.17 Å². The highest BCUT2D eigenvalue weighted by molar-refractivity contribution is 8.14. The molecule has 0 amide bonds. The molecule has 2 fully saturated rings. The van der Waals surface area contributed by atoms with Crippen LogP contribution >= 0.6 is 11.8 Å². The molecule has 2 nitrogen and oxygen atoms in total. The third kappa shape index (κ3) is 4.18. The minimum atomic E-state index is 0.812. The lowest BCUT2D eigenvalue weighted by atomic mass is 10.1. The van der Waals surface area contributed by atoms with Crippen LogP contribution in [0.2, 0.25) is 0 Å². The number of nitrogens with zero attached hydrogens (tertiary/aromatic N) is 2. The second-order valence-corrected chi connectivity index (χ2v) is 6.57. The van der Waals surface area contributed by atoms with E-state index < -0.39 is 0 Å². The lowest BCUT2D eigenvalue weighted by Gasteiger charge is -2.30. The summed E-state index contributed by atoms with van der Waals surface area (Å²) in [4.78, 5) is 7.41. The second kappa shape index (κ2) is 8.08. The maximum Gasteiger partial charge on any atom is 0.159 e. The molecule has 0 aromatic heterocycles. The Bertz CT molecular complexity index is 265. The summed E-state index contributed by atoms with van der Waals surface area (Å²) in [6, 6.07) is 0.812. The van der Waals surface area contributed by atoms with Crippen LogP contribution in [-0.2, 0) is 0 Å². The number of unbranched alkanes of at least 4 members (excludes halogenated alkanes) is 5. The first-order valence-corrected chi connectivity index (χ1v) is 8.84. The van der Waals surface area contributed by atoms with Crippen LogP contribution < -0.4 is 0 Å². The first-order valence-electron chi connectivity index (χ1n) is 7.85. The molecular weight excluding hydrogens is 240 g/mol. The number of hydrogen-bond acceptors (Lipinski definition) is 2. The molecule has 0 spiro atoms. The van der Waals surface area contributed by atoms with Crippen LogP contribution in [0.25, 0.3) is 0 Å². The number of aliphatic imine (C=N–C) groups is 1. The minimum Gasteiger partial charge on any atom is -0.348 e. The van der Waals surface area contributed by atoms with Crippen LogP contribution in [0.15, 0.2) is 4.99 Å². The third-order valence-electron chi connectivity index (χ3n) is 4.04. The fourth-order valence-corrected chi connectivity index (χ4v) is 4.16. The normalized spacial score (nSPS) is 25.7. The molecule has 1 atom stereocenters. The summed E-state index contributed by atoms with van der Waals surface area (Å²) in [7, 11) is 0.